The van der Waals surface area contributed by atoms with Crippen LogP contribution in [0.4, 0.5) is 4.79 Å². The minimum absolute atomic E-state index is 0.0970. The van der Waals surface area contributed by atoms with Crippen LogP contribution in [0, 0.1) is 0 Å². The molecule has 1 N–H and O–H groups in total. The molecule has 0 aliphatic carbocycles. The van der Waals surface area contributed by atoms with Crippen molar-refractivity contribution in [1.82, 2.24) is 20.1 Å². The van der Waals surface area contributed by atoms with E-state index in [-0.39, 0.29) is 10.8 Å². The van der Waals surface area contributed by atoms with Crippen LogP contribution >= 0.6 is 11.8 Å². The summed E-state index contributed by atoms with van der Waals surface area (Å²) in [5.74, 6) is 1.22. The van der Waals surface area contributed by atoms with Gasteiger partial charge >= 0.3 is 6.03 Å². The molecule has 2 aliphatic heterocycles. The summed E-state index contributed by atoms with van der Waals surface area (Å²) in [6.07, 6.45) is 6.19. The van der Waals surface area contributed by atoms with E-state index in [1.165, 1.54) is 24.2 Å². The van der Waals surface area contributed by atoms with Crippen molar-refractivity contribution in [1.29, 1.82) is 0 Å². The van der Waals surface area contributed by atoms with Gasteiger partial charge in [-0.25, -0.2) is 4.79 Å². The Balaban J connectivity index is 1.40. The summed E-state index contributed by atoms with van der Waals surface area (Å²) in [6, 6.07) is 4.17. The van der Waals surface area contributed by atoms with Gasteiger partial charge in [-0.1, -0.05) is 6.07 Å². The van der Waals surface area contributed by atoms with Crippen molar-refractivity contribution in [3.8, 4) is 0 Å². The number of carbonyl (C=O) groups is 1. The topological polar surface area (TPSA) is 48.5 Å². The molecule has 0 spiro atoms. The summed E-state index contributed by atoms with van der Waals surface area (Å²) in [5.41, 5.74) is 1.23. The Morgan fingerprint density at radius 1 is 1.39 bits per heavy atom. The van der Waals surface area contributed by atoms with Crippen LogP contribution < -0.4 is 5.32 Å². The molecular formula is C17H26N4OS. The van der Waals surface area contributed by atoms with Crippen LogP contribution in [0.25, 0.3) is 0 Å². The lowest BCUT2D eigenvalue weighted by atomic mass is 10.1. The van der Waals surface area contributed by atoms with Crippen LogP contribution in [0.2, 0.25) is 0 Å². The summed E-state index contributed by atoms with van der Waals surface area (Å²) in [4.78, 5) is 20.8. The number of piperazine rings is 1. The standard InChI is InChI=1S/C17H26N4OS/c1-17(5-3-11-23-17)14-19-16(22)21-9-7-20(8-10-21)13-15-4-2-6-18-12-15/h2,4,6,12H,3,5,7-11,13-14H2,1H3,(H,19,22)/t17-/m1/s1. The van der Waals surface area contributed by atoms with Crippen LogP contribution in [0.1, 0.15) is 25.3 Å². The maximum Gasteiger partial charge on any atom is 0.317 e. The van der Waals surface area contributed by atoms with E-state index in [9.17, 15) is 4.79 Å². The largest absolute Gasteiger partial charge is 0.337 e. The zero-order valence-electron chi connectivity index (χ0n) is 13.8. The number of amides is 2. The number of thioether (sulfide) groups is 1. The number of hydrogen-bond acceptors (Lipinski definition) is 4. The molecule has 0 unspecified atom stereocenters. The molecule has 6 heteroatoms. The zero-order valence-corrected chi connectivity index (χ0v) is 14.6. The Hall–Kier alpha value is -1.27. The number of nitrogens with one attached hydrogen (secondary N) is 1. The van der Waals surface area contributed by atoms with E-state index >= 15 is 0 Å². The van der Waals surface area contributed by atoms with Crippen LogP contribution in [0.5, 0.6) is 0 Å². The molecule has 0 aromatic carbocycles. The second-order valence-electron chi connectivity index (χ2n) is 6.69. The highest BCUT2D eigenvalue weighted by Gasteiger charge is 2.30. The number of rotatable bonds is 4. The van der Waals surface area contributed by atoms with Crippen molar-refractivity contribution < 1.29 is 4.79 Å². The lowest BCUT2D eigenvalue weighted by Gasteiger charge is -2.35. The number of pyridine rings is 1. The van der Waals surface area contributed by atoms with Crippen molar-refractivity contribution >= 4 is 17.8 Å². The minimum atomic E-state index is 0.0970. The lowest BCUT2D eigenvalue weighted by molar-refractivity contribution is 0.135. The maximum absolute atomic E-state index is 12.3. The van der Waals surface area contributed by atoms with Crippen molar-refractivity contribution in [2.45, 2.75) is 31.1 Å². The second-order valence-corrected chi connectivity index (χ2v) is 8.37. The van der Waals surface area contributed by atoms with E-state index < -0.39 is 0 Å². The predicted octanol–water partition coefficient (Wildman–Crippen LogP) is 2.19. The highest BCUT2D eigenvalue weighted by molar-refractivity contribution is 8.00. The first-order valence-corrected chi connectivity index (χ1v) is 9.41. The van der Waals surface area contributed by atoms with Crippen molar-refractivity contribution in [2.75, 3.05) is 38.5 Å². The van der Waals surface area contributed by atoms with Gasteiger partial charge in [0.15, 0.2) is 0 Å². The zero-order chi connectivity index (χ0) is 16.1. The monoisotopic (exact) mass is 334 g/mol. The molecule has 1 aromatic rings. The fourth-order valence-electron chi connectivity index (χ4n) is 3.21. The average Bonchev–Trinajstić information content (AvgIpc) is 3.01. The third-order valence-corrected chi connectivity index (χ3v) is 6.24. The van der Waals surface area contributed by atoms with E-state index in [4.69, 9.17) is 0 Å². The molecule has 3 heterocycles. The van der Waals surface area contributed by atoms with Crippen molar-refractivity contribution in [3.63, 3.8) is 0 Å². The van der Waals surface area contributed by atoms with Gasteiger partial charge in [0.25, 0.3) is 0 Å². The fourth-order valence-corrected chi connectivity index (χ4v) is 4.45. The number of urea groups is 1. The summed E-state index contributed by atoms with van der Waals surface area (Å²) in [6.45, 7) is 7.41. The first-order chi connectivity index (χ1) is 11.1. The van der Waals surface area contributed by atoms with E-state index in [2.05, 4.69) is 28.2 Å². The van der Waals surface area contributed by atoms with Crippen molar-refractivity contribution in [2.24, 2.45) is 0 Å². The molecule has 0 bridgehead atoms. The highest BCUT2D eigenvalue weighted by Crippen LogP contribution is 2.36. The molecule has 2 amide bonds. The van der Waals surface area contributed by atoms with Gasteiger partial charge in [-0.2, -0.15) is 11.8 Å². The molecule has 1 atom stereocenters. The first-order valence-electron chi connectivity index (χ1n) is 8.43. The fraction of sp³-hybridized carbons (Fsp3) is 0.647. The normalized spacial score (nSPS) is 25.5. The van der Waals surface area contributed by atoms with Gasteiger partial charge in [0, 0.05) is 56.4 Å². The van der Waals surface area contributed by atoms with Gasteiger partial charge in [-0.05, 0) is 37.1 Å². The second kappa shape index (κ2) is 7.53. The Labute approximate surface area is 142 Å². The molecule has 1 aromatic heterocycles. The van der Waals surface area contributed by atoms with Gasteiger partial charge in [-0.3, -0.25) is 9.88 Å². The molecule has 2 aliphatic rings. The van der Waals surface area contributed by atoms with E-state index in [1.807, 2.05) is 28.9 Å². The van der Waals surface area contributed by atoms with E-state index in [0.29, 0.717) is 0 Å². The van der Waals surface area contributed by atoms with Gasteiger partial charge in [0.05, 0.1) is 0 Å². The quantitative estimate of drug-likeness (QED) is 0.917. The molecule has 3 rings (SSSR count). The molecule has 23 heavy (non-hydrogen) atoms. The van der Waals surface area contributed by atoms with Crippen LogP contribution in [0.15, 0.2) is 24.5 Å². The highest BCUT2D eigenvalue weighted by atomic mass is 32.2. The summed E-state index contributed by atoms with van der Waals surface area (Å²) in [7, 11) is 0. The number of carbonyl (C=O) groups excluding carboxylic acids is 1. The number of aromatic nitrogens is 1. The molecule has 2 fully saturated rings. The van der Waals surface area contributed by atoms with Crippen LogP contribution in [-0.2, 0) is 6.54 Å². The minimum Gasteiger partial charge on any atom is -0.337 e. The maximum atomic E-state index is 12.3. The third-order valence-electron chi connectivity index (χ3n) is 4.70. The van der Waals surface area contributed by atoms with Gasteiger partial charge < -0.3 is 10.2 Å². The summed E-state index contributed by atoms with van der Waals surface area (Å²) >= 11 is 1.99. The number of hydrogen-bond donors (Lipinski definition) is 1. The SMILES string of the molecule is C[C@]1(CNC(=O)N2CCN(Cc3cccnc3)CC2)CCCS1. The van der Waals surface area contributed by atoms with Crippen LogP contribution in [-0.4, -0.2) is 64.0 Å². The van der Waals surface area contributed by atoms with Gasteiger partial charge in [0.1, 0.15) is 0 Å². The molecule has 0 saturated carbocycles. The smallest absolute Gasteiger partial charge is 0.317 e. The Morgan fingerprint density at radius 3 is 2.87 bits per heavy atom. The van der Waals surface area contributed by atoms with E-state index in [1.54, 1.807) is 6.20 Å². The Kier molecular flexibility index (Phi) is 5.43. The molecule has 126 valence electrons. The van der Waals surface area contributed by atoms with Crippen LogP contribution in [0.3, 0.4) is 0 Å². The number of nitrogens with zero attached hydrogens (tertiary/aromatic N) is 3. The molecule has 5 nitrogen and oxygen atoms in total. The van der Waals surface area contributed by atoms with Crippen molar-refractivity contribution in [3.05, 3.63) is 30.1 Å². The van der Waals surface area contributed by atoms with Gasteiger partial charge in [-0.15, -0.1) is 0 Å². The Bertz CT molecular complexity index is 511. The van der Waals surface area contributed by atoms with Gasteiger partial charge in [0.2, 0.25) is 0 Å². The lowest BCUT2D eigenvalue weighted by Crippen LogP contribution is -2.52. The summed E-state index contributed by atoms with van der Waals surface area (Å²) in [5, 5.41) is 3.14. The van der Waals surface area contributed by atoms with E-state index in [0.717, 1.165) is 39.3 Å². The predicted molar refractivity (Wildman–Crippen MR) is 94.6 cm³/mol. The average molecular weight is 334 g/mol. The molecule has 2 saturated heterocycles. The molecular weight excluding hydrogens is 308 g/mol. The summed E-state index contributed by atoms with van der Waals surface area (Å²) < 4.78 is 0.234. The third kappa shape index (κ3) is 4.61. The Morgan fingerprint density at radius 2 is 2.22 bits per heavy atom. The first kappa shape index (κ1) is 16.6. The molecule has 0 radical (unpaired) electrons.